The highest BCUT2D eigenvalue weighted by Crippen LogP contribution is 2.18. The molecule has 8 nitrogen and oxygen atoms in total. The lowest BCUT2D eigenvalue weighted by Crippen LogP contribution is -2.39. The number of carbonyl (C=O) groups excluding carboxylic acids is 1. The van der Waals surface area contributed by atoms with Gasteiger partial charge in [0.2, 0.25) is 0 Å². The Morgan fingerprint density at radius 2 is 2.16 bits per heavy atom. The van der Waals surface area contributed by atoms with E-state index >= 15 is 0 Å². The molecule has 0 fully saturated rings. The van der Waals surface area contributed by atoms with Crippen LogP contribution in [0.3, 0.4) is 0 Å². The van der Waals surface area contributed by atoms with E-state index in [2.05, 4.69) is 25.4 Å². The summed E-state index contributed by atoms with van der Waals surface area (Å²) in [4.78, 5) is 27.2. The summed E-state index contributed by atoms with van der Waals surface area (Å²) in [6.07, 6.45) is 7.67. The number of nitrogens with one attached hydrogen (secondary N) is 1. The van der Waals surface area contributed by atoms with E-state index in [1.807, 2.05) is 31.3 Å². The molecule has 4 heterocycles. The summed E-state index contributed by atoms with van der Waals surface area (Å²) >= 11 is 0. The van der Waals surface area contributed by atoms with E-state index in [4.69, 9.17) is 0 Å². The summed E-state index contributed by atoms with van der Waals surface area (Å²) in [6, 6.07) is 5.30. The zero-order chi connectivity index (χ0) is 17.2. The van der Waals surface area contributed by atoms with Crippen LogP contribution in [0.25, 0.3) is 5.82 Å². The third kappa shape index (κ3) is 3.18. The molecule has 0 saturated carbocycles. The number of rotatable bonds is 2. The van der Waals surface area contributed by atoms with E-state index in [1.165, 1.54) is 0 Å². The number of fused-ring (bicyclic) bond motifs is 1. The van der Waals surface area contributed by atoms with Crippen LogP contribution in [-0.4, -0.2) is 42.2 Å². The molecule has 2 amide bonds. The van der Waals surface area contributed by atoms with Crippen LogP contribution in [0.1, 0.15) is 17.1 Å². The molecule has 126 valence electrons. The maximum Gasteiger partial charge on any atom is 0.322 e. The zero-order valence-electron chi connectivity index (χ0n) is 13.8. The zero-order valence-corrected chi connectivity index (χ0v) is 13.8. The van der Waals surface area contributed by atoms with Crippen molar-refractivity contribution < 1.29 is 4.79 Å². The highest BCUT2D eigenvalue weighted by Gasteiger charge is 2.22. The molecule has 0 saturated heterocycles. The highest BCUT2D eigenvalue weighted by atomic mass is 16.2. The number of pyridine rings is 1. The van der Waals surface area contributed by atoms with Crippen LogP contribution in [0.4, 0.5) is 10.5 Å². The number of hydrogen-bond donors (Lipinski definition) is 1. The maximum atomic E-state index is 12.5. The molecule has 0 bridgehead atoms. The van der Waals surface area contributed by atoms with Gasteiger partial charge in [-0.3, -0.25) is 0 Å². The molecule has 0 radical (unpaired) electrons. The molecule has 8 heteroatoms. The third-order valence-corrected chi connectivity index (χ3v) is 4.08. The number of aromatic nitrogens is 5. The lowest BCUT2D eigenvalue weighted by atomic mass is 10.1. The predicted molar refractivity (Wildman–Crippen MR) is 91.3 cm³/mol. The molecule has 25 heavy (non-hydrogen) atoms. The molecular formula is C17H17N7O. The number of amides is 2. The molecule has 3 aromatic heterocycles. The Kier molecular flexibility index (Phi) is 3.85. The standard InChI is InChI=1S/C17H17N7O/c1-12-18-9-13-11-23(8-5-15(13)21-12)17(25)22-14-3-4-16(19-10-14)24-7-2-6-20-24/h2-4,6-7,9-10H,5,8,11H2,1H3,(H,22,25). The van der Waals surface area contributed by atoms with E-state index in [9.17, 15) is 4.79 Å². The molecule has 0 aliphatic carbocycles. The minimum Gasteiger partial charge on any atom is -0.320 e. The average molecular weight is 335 g/mol. The molecular weight excluding hydrogens is 318 g/mol. The van der Waals surface area contributed by atoms with E-state index in [0.717, 1.165) is 23.5 Å². The topological polar surface area (TPSA) is 88.8 Å². The first kappa shape index (κ1) is 15.3. The Labute approximate surface area is 144 Å². The van der Waals surface area contributed by atoms with Crippen molar-refractivity contribution >= 4 is 11.7 Å². The molecule has 1 aliphatic rings. The largest absolute Gasteiger partial charge is 0.322 e. The summed E-state index contributed by atoms with van der Waals surface area (Å²) in [7, 11) is 0. The fourth-order valence-electron chi connectivity index (χ4n) is 2.79. The molecule has 0 unspecified atom stereocenters. The van der Waals surface area contributed by atoms with Crippen molar-refractivity contribution in [1.82, 2.24) is 29.6 Å². The van der Waals surface area contributed by atoms with Crippen molar-refractivity contribution in [2.75, 3.05) is 11.9 Å². The monoisotopic (exact) mass is 335 g/mol. The fourth-order valence-corrected chi connectivity index (χ4v) is 2.79. The second-order valence-electron chi connectivity index (χ2n) is 5.85. The lowest BCUT2D eigenvalue weighted by molar-refractivity contribution is 0.205. The van der Waals surface area contributed by atoms with E-state index in [0.29, 0.717) is 24.6 Å². The van der Waals surface area contributed by atoms with Crippen LogP contribution in [-0.2, 0) is 13.0 Å². The summed E-state index contributed by atoms with van der Waals surface area (Å²) < 4.78 is 1.66. The lowest BCUT2D eigenvalue weighted by Gasteiger charge is -2.28. The van der Waals surface area contributed by atoms with Gasteiger partial charge in [-0.05, 0) is 25.1 Å². The number of nitrogens with zero attached hydrogens (tertiary/aromatic N) is 6. The van der Waals surface area contributed by atoms with Gasteiger partial charge in [-0.15, -0.1) is 0 Å². The van der Waals surface area contributed by atoms with Gasteiger partial charge in [0.15, 0.2) is 5.82 Å². The van der Waals surface area contributed by atoms with Crippen LogP contribution in [0.5, 0.6) is 0 Å². The smallest absolute Gasteiger partial charge is 0.320 e. The van der Waals surface area contributed by atoms with Crippen molar-refractivity contribution in [3.63, 3.8) is 0 Å². The summed E-state index contributed by atoms with van der Waals surface area (Å²) in [5.74, 6) is 1.46. The fraction of sp³-hybridized carbons (Fsp3) is 0.235. The van der Waals surface area contributed by atoms with Gasteiger partial charge in [-0.25, -0.2) is 24.4 Å². The van der Waals surface area contributed by atoms with Crippen LogP contribution >= 0.6 is 0 Å². The van der Waals surface area contributed by atoms with E-state index < -0.39 is 0 Å². The van der Waals surface area contributed by atoms with Gasteiger partial charge in [-0.1, -0.05) is 0 Å². The first-order valence-electron chi connectivity index (χ1n) is 8.02. The second kappa shape index (κ2) is 6.31. The van der Waals surface area contributed by atoms with Gasteiger partial charge in [-0.2, -0.15) is 5.10 Å². The van der Waals surface area contributed by atoms with Gasteiger partial charge < -0.3 is 10.2 Å². The number of urea groups is 1. The van der Waals surface area contributed by atoms with Crippen molar-refractivity contribution in [3.05, 3.63) is 60.1 Å². The molecule has 1 aliphatic heterocycles. The molecule has 0 spiro atoms. The highest BCUT2D eigenvalue weighted by molar-refractivity contribution is 5.89. The van der Waals surface area contributed by atoms with Crippen LogP contribution in [0, 0.1) is 6.92 Å². The molecule has 1 N–H and O–H groups in total. The maximum absolute atomic E-state index is 12.5. The van der Waals surface area contributed by atoms with Crippen molar-refractivity contribution in [1.29, 1.82) is 0 Å². The quantitative estimate of drug-likeness (QED) is 0.773. The first-order valence-corrected chi connectivity index (χ1v) is 8.02. The number of aryl methyl sites for hydroxylation is 1. The minimum absolute atomic E-state index is 0.153. The molecule has 3 aromatic rings. The Bertz CT molecular complexity index is 890. The minimum atomic E-state index is -0.153. The molecule has 0 atom stereocenters. The Balaban J connectivity index is 1.43. The van der Waals surface area contributed by atoms with Crippen LogP contribution in [0.2, 0.25) is 0 Å². The van der Waals surface area contributed by atoms with Crippen LogP contribution in [0.15, 0.2) is 43.0 Å². The Hall–Kier alpha value is -3.29. The predicted octanol–water partition coefficient (Wildman–Crippen LogP) is 1.96. The molecule has 0 aromatic carbocycles. The van der Waals surface area contributed by atoms with Crippen molar-refractivity contribution in [2.24, 2.45) is 0 Å². The number of hydrogen-bond acceptors (Lipinski definition) is 5. The average Bonchev–Trinajstić information content (AvgIpc) is 3.16. The van der Waals surface area contributed by atoms with Crippen LogP contribution < -0.4 is 5.32 Å². The molecule has 4 rings (SSSR count). The Morgan fingerprint density at radius 1 is 1.24 bits per heavy atom. The van der Waals surface area contributed by atoms with Gasteiger partial charge in [0, 0.05) is 37.1 Å². The summed E-state index contributed by atoms with van der Waals surface area (Å²) in [5, 5.41) is 7.01. The first-order chi connectivity index (χ1) is 12.2. The van der Waals surface area contributed by atoms with E-state index in [1.54, 1.807) is 28.2 Å². The van der Waals surface area contributed by atoms with Gasteiger partial charge >= 0.3 is 6.03 Å². The Morgan fingerprint density at radius 3 is 2.92 bits per heavy atom. The summed E-state index contributed by atoms with van der Waals surface area (Å²) in [5.41, 5.74) is 2.67. The van der Waals surface area contributed by atoms with E-state index in [-0.39, 0.29) is 6.03 Å². The van der Waals surface area contributed by atoms with Crippen molar-refractivity contribution in [2.45, 2.75) is 19.9 Å². The third-order valence-electron chi connectivity index (χ3n) is 4.08. The summed E-state index contributed by atoms with van der Waals surface area (Å²) in [6.45, 7) is 3.02. The van der Waals surface area contributed by atoms with Crippen molar-refractivity contribution in [3.8, 4) is 5.82 Å². The normalized spacial score (nSPS) is 13.4. The second-order valence-corrected chi connectivity index (χ2v) is 5.85. The van der Waals surface area contributed by atoms with Gasteiger partial charge in [0.25, 0.3) is 0 Å². The number of carbonyl (C=O) groups is 1. The number of anilines is 1. The SMILES string of the molecule is Cc1ncc2c(n1)CCN(C(=O)Nc1ccc(-n3cccn3)nc1)C2. The van der Waals surface area contributed by atoms with Gasteiger partial charge in [0.05, 0.1) is 24.1 Å². The van der Waals surface area contributed by atoms with Gasteiger partial charge in [0.1, 0.15) is 5.82 Å².